The van der Waals surface area contributed by atoms with Crippen molar-refractivity contribution in [2.24, 2.45) is 0 Å². The number of phenolic OH excluding ortho intramolecular Hbond substituents is 1. The first-order valence-electron chi connectivity index (χ1n) is 10.6. The van der Waals surface area contributed by atoms with Crippen molar-refractivity contribution in [2.75, 3.05) is 0 Å². The van der Waals surface area contributed by atoms with Crippen molar-refractivity contribution >= 4 is 0 Å². The Kier molecular flexibility index (Phi) is 7.74. The molecule has 0 saturated carbocycles. The lowest BCUT2D eigenvalue weighted by atomic mass is 10.0. The summed E-state index contributed by atoms with van der Waals surface area (Å²) in [6.45, 7) is 2.24. The molecule has 0 saturated heterocycles. The van der Waals surface area contributed by atoms with E-state index in [2.05, 4.69) is 16.9 Å². The van der Waals surface area contributed by atoms with Gasteiger partial charge in [-0.1, -0.05) is 75.8 Å². The topological polar surface area (TPSA) is 46.0 Å². The van der Waals surface area contributed by atoms with Gasteiger partial charge in [0, 0.05) is 18.0 Å². The molecule has 4 heteroatoms. The van der Waals surface area contributed by atoms with Crippen molar-refractivity contribution in [1.29, 1.82) is 0 Å². The molecule has 152 valence electrons. The van der Waals surface area contributed by atoms with E-state index in [4.69, 9.17) is 0 Å². The summed E-state index contributed by atoms with van der Waals surface area (Å²) in [6, 6.07) is 12.1. The van der Waals surface area contributed by atoms with Crippen molar-refractivity contribution in [2.45, 2.75) is 58.3 Å². The van der Waals surface area contributed by atoms with Crippen LogP contribution in [0.1, 0.15) is 57.4 Å². The summed E-state index contributed by atoms with van der Waals surface area (Å²) < 4.78 is 13.6. The summed E-state index contributed by atoms with van der Waals surface area (Å²) >= 11 is 0. The molecule has 3 nitrogen and oxygen atoms in total. The van der Waals surface area contributed by atoms with Crippen LogP contribution in [-0.4, -0.2) is 15.1 Å². The molecular weight excluding hydrogens is 363 g/mol. The molecule has 0 radical (unpaired) electrons. The molecule has 0 aliphatic heterocycles. The number of nitrogens with zero attached hydrogens (tertiary/aromatic N) is 2. The summed E-state index contributed by atoms with van der Waals surface area (Å²) in [4.78, 5) is 9.02. The monoisotopic (exact) mass is 392 g/mol. The van der Waals surface area contributed by atoms with E-state index in [1.807, 2.05) is 36.7 Å². The molecule has 3 rings (SSSR count). The second-order valence-corrected chi connectivity index (χ2v) is 7.53. The standard InChI is InChI=1S/C25H29FN2O/c1-2-3-4-5-6-7-8-9-19-17-27-25(28-18-19)21-12-10-20(11-13-21)22-14-15-24(29)23(26)16-22/h10-18,29H,2-9H2,1H3. The van der Waals surface area contributed by atoms with Gasteiger partial charge in [-0.05, 0) is 41.7 Å². The van der Waals surface area contributed by atoms with Crippen molar-refractivity contribution in [3.63, 3.8) is 0 Å². The van der Waals surface area contributed by atoms with Gasteiger partial charge < -0.3 is 5.11 Å². The maximum Gasteiger partial charge on any atom is 0.165 e. The van der Waals surface area contributed by atoms with E-state index in [1.54, 1.807) is 6.07 Å². The Morgan fingerprint density at radius 3 is 2.00 bits per heavy atom. The van der Waals surface area contributed by atoms with E-state index >= 15 is 0 Å². The van der Waals surface area contributed by atoms with Crippen LogP contribution in [0.2, 0.25) is 0 Å². The van der Waals surface area contributed by atoms with Crippen LogP contribution >= 0.6 is 0 Å². The Balaban J connectivity index is 1.53. The fourth-order valence-corrected chi connectivity index (χ4v) is 3.42. The van der Waals surface area contributed by atoms with Gasteiger partial charge in [-0.25, -0.2) is 14.4 Å². The highest BCUT2D eigenvalue weighted by atomic mass is 19.1. The van der Waals surface area contributed by atoms with Gasteiger partial charge in [-0.3, -0.25) is 0 Å². The molecule has 0 amide bonds. The van der Waals surface area contributed by atoms with Gasteiger partial charge in [0.2, 0.25) is 0 Å². The molecule has 29 heavy (non-hydrogen) atoms. The normalized spacial score (nSPS) is 11.0. The highest BCUT2D eigenvalue weighted by molar-refractivity contribution is 5.68. The van der Waals surface area contributed by atoms with Crippen molar-refractivity contribution in [3.8, 4) is 28.3 Å². The third-order valence-electron chi connectivity index (χ3n) is 5.20. The average molecular weight is 393 g/mol. The minimum atomic E-state index is -0.619. The number of benzene rings is 2. The van der Waals surface area contributed by atoms with E-state index in [0.29, 0.717) is 5.82 Å². The molecule has 0 atom stereocenters. The van der Waals surface area contributed by atoms with Crippen LogP contribution in [0.25, 0.3) is 22.5 Å². The molecular formula is C25H29FN2O. The lowest BCUT2D eigenvalue weighted by molar-refractivity contribution is 0.432. The number of hydrogen-bond acceptors (Lipinski definition) is 3. The molecule has 1 aromatic heterocycles. The first-order chi connectivity index (χ1) is 14.2. The summed E-state index contributed by atoms with van der Waals surface area (Å²) in [5, 5.41) is 9.33. The SMILES string of the molecule is CCCCCCCCCc1cnc(-c2ccc(-c3ccc(O)c(F)c3)cc2)nc1. The number of halogens is 1. The minimum Gasteiger partial charge on any atom is -0.505 e. The predicted molar refractivity (Wildman–Crippen MR) is 116 cm³/mol. The van der Waals surface area contributed by atoms with Crippen molar-refractivity contribution < 1.29 is 9.50 Å². The molecule has 0 unspecified atom stereocenters. The summed E-state index contributed by atoms with van der Waals surface area (Å²) in [6.07, 6.45) is 14.0. The number of rotatable bonds is 10. The van der Waals surface area contributed by atoms with E-state index in [-0.39, 0.29) is 5.75 Å². The third-order valence-corrected chi connectivity index (χ3v) is 5.20. The maximum absolute atomic E-state index is 13.6. The number of hydrogen-bond donors (Lipinski definition) is 1. The molecule has 0 fully saturated rings. The van der Waals surface area contributed by atoms with Crippen LogP contribution < -0.4 is 0 Å². The fraction of sp³-hybridized carbons (Fsp3) is 0.360. The minimum absolute atomic E-state index is 0.338. The molecule has 0 aliphatic rings. The lowest BCUT2D eigenvalue weighted by Crippen LogP contribution is -1.93. The van der Waals surface area contributed by atoms with Gasteiger partial charge in [0.1, 0.15) is 0 Å². The van der Waals surface area contributed by atoms with E-state index in [9.17, 15) is 9.50 Å². The number of unbranched alkanes of at least 4 members (excludes halogenated alkanes) is 6. The largest absolute Gasteiger partial charge is 0.505 e. The van der Waals surface area contributed by atoms with Crippen molar-refractivity contribution in [3.05, 3.63) is 66.2 Å². The molecule has 0 spiro atoms. The molecule has 1 heterocycles. The first kappa shape index (κ1) is 21.0. The van der Waals surface area contributed by atoms with Crippen LogP contribution in [0.3, 0.4) is 0 Å². The zero-order valence-electron chi connectivity index (χ0n) is 17.1. The quantitative estimate of drug-likeness (QED) is 0.380. The predicted octanol–water partition coefficient (Wildman–Crippen LogP) is 6.95. The van der Waals surface area contributed by atoms with Crippen molar-refractivity contribution in [1.82, 2.24) is 9.97 Å². The summed E-state index contributed by atoms with van der Waals surface area (Å²) in [7, 11) is 0. The van der Waals surface area contributed by atoms with E-state index < -0.39 is 5.82 Å². The van der Waals surface area contributed by atoms with Gasteiger partial charge >= 0.3 is 0 Å². The van der Waals surface area contributed by atoms with Crippen LogP contribution in [-0.2, 0) is 6.42 Å². The molecule has 3 aromatic rings. The van der Waals surface area contributed by atoms with Gasteiger partial charge in [-0.2, -0.15) is 0 Å². The third kappa shape index (κ3) is 6.11. The number of aromatic hydroxyl groups is 1. The number of aromatic nitrogens is 2. The zero-order valence-corrected chi connectivity index (χ0v) is 17.1. The van der Waals surface area contributed by atoms with E-state index in [1.165, 1.54) is 62.6 Å². The smallest absolute Gasteiger partial charge is 0.165 e. The summed E-state index contributed by atoms with van der Waals surface area (Å²) in [5.74, 6) is -0.265. The fourth-order valence-electron chi connectivity index (χ4n) is 3.42. The van der Waals surface area contributed by atoms with Crippen LogP contribution in [0, 0.1) is 5.82 Å². The Bertz CT molecular complexity index is 892. The zero-order chi connectivity index (χ0) is 20.5. The second kappa shape index (κ2) is 10.7. The molecule has 1 N–H and O–H groups in total. The second-order valence-electron chi connectivity index (χ2n) is 7.53. The van der Waals surface area contributed by atoms with Crippen LogP contribution in [0.4, 0.5) is 4.39 Å². The molecule has 0 bridgehead atoms. The Hall–Kier alpha value is -2.75. The average Bonchev–Trinajstić information content (AvgIpc) is 2.76. The molecule has 0 aliphatic carbocycles. The lowest BCUT2D eigenvalue weighted by Gasteiger charge is -2.06. The Labute approximate surface area is 172 Å². The van der Waals surface area contributed by atoms with Crippen LogP contribution in [0.5, 0.6) is 5.75 Å². The number of aryl methyl sites for hydroxylation is 1. The molecule has 2 aromatic carbocycles. The van der Waals surface area contributed by atoms with Gasteiger partial charge in [0.05, 0.1) is 0 Å². The maximum atomic E-state index is 13.6. The van der Waals surface area contributed by atoms with Gasteiger partial charge in [-0.15, -0.1) is 0 Å². The summed E-state index contributed by atoms with van der Waals surface area (Å²) in [5.41, 5.74) is 3.70. The number of phenols is 1. The Morgan fingerprint density at radius 2 is 1.34 bits per heavy atom. The van der Waals surface area contributed by atoms with E-state index in [0.717, 1.165) is 23.1 Å². The first-order valence-corrected chi connectivity index (χ1v) is 10.6. The van der Waals surface area contributed by atoms with Crippen LogP contribution in [0.15, 0.2) is 54.9 Å². The van der Waals surface area contributed by atoms with Gasteiger partial charge in [0.15, 0.2) is 17.4 Å². The Morgan fingerprint density at radius 1 is 0.759 bits per heavy atom. The van der Waals surface area contributed by atoms with Gasteiger partial charge in [0.25, 0.3) is 0 Å². The highest BCUT2D eigenvalue weighted by Gasteiger charge is 2.06. The highest BCUT2D eigenvalue weighted by Crippen LogP contribution is 2.26.